The number of carbonyl (C=O) groups excluding carboxylic acids is 1. The molecule has 8 nitrogen and oxygen atoms in total. The maximum atomic E-state index is 15.0. The molecule has 0 aliphatic carbocycles. The summed E-state index contributed by atoms with van der Waals surface area (Å²) in [5, 5.41) is 11.8. The van der Waals surface area contributed by atoms with Crippen molar-refractivity contribution in [2.75, 3.05) is 36.5 Å². The Bertz CT molecular complexity index is 1750. The molecule has 4 heterocycles. The molecule has 1 N–H and O–H groups in total. The van der Waals surface area contributed by atoms with E-state index in [-0.39, 0.29) is 42.2 Å². The fourth-order valence-corrected chi connectivity index (χ4v) is 7.31. The van der Waals surface area contributed by atoms with Crippen molar-refractivity contribution in [1.29, 1.82) is 0 Å². The molecule has 3 aliphatic heterocycles. The van der Waals surface area contributed by atoms with Crippen LogP contribution in [-0.4, -0.2) is 64.3 Å². The molecule has 1 amide bonds. The van der Waals surface area contributed by atoms with Gasteiger partial charge in [0, 0.05) is 38.0 Å². The largest absolute Gasteiger partial charge is 0.508 e. The summed E-state index contributed by atoms with van der Waals surface area (Å²) in [6.07, 6.45) is 1.80. The summed E-state index contributed by atoms with van der Waals surface area (Å²) in [4.78, 5) is 29.3. The van der Waals surface area contributed by atoms with E-state index in [1.54, 1.807) is 12.1 Å². The van der Waals surface area contributed by atoms with Crippen LogP contribution in [0.4, 0.5) is 20.3 Å². The van der Waals surface area contributed by atoms with Gasteiger partial charge in [-0.1, -0.05) is 43.3 Å². The summed E-state index contributed by atoms with van der Waals surface area (Å²) in [5.74, 6) is -0.304. The second-order valence-electron chi connectivity index (χ2n) is 12.2. The summed E-state index contributed by atoms with van der Waals surface area (Å²) in [7, 11) is 1.87. The molecule has 3 aromatic carbocycles. The number of carbonyl (C=O) groups is 1. The number of anilines is 2. The third kappa shape index (κ3) is 4.81. The van der Waals surface area contributed by atoms with Crippen molar-refractivity contribution in [3.63, 3.8) is 0 Å². The number of amides is 1. The topological polar surface area (TPSA) is 82.0 Å². The van der Waals surface area contributed by atoms with Crippen molar-refractivity contribution in [3.05, 3.63) is 82.8 Å². The molecule has 228 valence electrons. The summed E-state index contributed by atoms with van der Waals surface area (Å²) in [6.45, 7) is 3.98. The summed E-state index contributed by atoms with van der Waals surface area (Å²) < 4.78 is 35.6. The number of halogens is 2. The Morgan fingerprint density at radius 2 is 1.98 bits per heavy atom. The molecule has 0 spiro atoms. The lowest BCUT2D eigenvalue weighted by Gasteiger charge is -2.31. The van der Waals surface area contributed by atoms with Crippen molar-refractivity contribution in [2.45, 2.75) is 57.4 Å². The smallest absolute Gasteiger partial charge is 0.318 e. The number of phenolic OH excluding ortho intramolecular Hbond substituents is 1. The highest BCUT2D eigenvalue weighted by Gasteiger charge is 2.49. The third-order valence-electron chi connectivity index (χ3n) is 9.34. The first kappa shape index (κ1) is 28.5. The van der Waals surface area contributed by atoms with Crippen LogP contribution in [0.1, 0.15) is 53.4 Å². The second-order valence-corrected chi connectivity index (χ2v) is 12.2. The van der Waals surface area contributed by atoms with Crippen molar-refractivity contribution < 1.29 is 23.4 Å². The van der Waals surface area contributed by atoms with Gasteiger partial charge in [-0.15, -0.1) is 0 Å². The minimum atomic E-state index is -0.881. The van der Waals surface area contributed by atoms with Crippen LogP contribution in [-0.2, 0) is 19.5 Å². The van der Waals surface area contributed by atoms with Gasteiger partial charge in [0.15, 0.2) is 0 Å². The highest BCUT2D eigenvalue weighted by molar-refractivity contribution is 6.16. The van der Waals surface area contributed by atoms with Crippen LogP contribution in [0, 0.1) is 5.82 Å². The van der Waals surface area contributed by atoms with E-state index in [1.165, 1.54) is 17.0 Å². The second kappa shape index (κ2) is 11.0. The molecule has 0 unspecified atom stereocenters. The summed E-state index contributed by atoms with van der Waals surface area (Å²) in [5.41, 5.74) is 2.37. The highest BCUT2D eigenvalue weighted by atomic mass is 19.1. The summed E-state index contributed by atoms with van der Waals surface area (Å²) >= 11 is 0. The molecule has 0 bridgehead atoms. The standard InChI is InChI=1S/C34H35F2N5O3/c1-3-25-26(36)11-10-22-14-24(42)15-28(29(22)25)41-19-27-30(32(41)43)31(39(2)17-21-8-5-4-6-9-21)38-33(37-27)44-20-34-12-7-13-40(34)18-23(35)16-34/h4-6,8-11,14-15,23,42H,3,7,12-13,16-20H2,1-2H3/t23-,34+/m1/s1. The number of nitrogens with zero attached hydrogens (tertiary/aromatic N) is 5. The minimum absolute atomic E-state index is 0.0236. The molecule has 0 radical (unpaired) electrons. The first-order valence-corrected chi connectivity index (χ1v) is 15.2. The molecule has 10 heteroatoms. The van der Waals surface area contributed by atoms with Gasteiger partial charge in [0.25, 0.3) is 5.91 Å². The Hall–Kier alpha value is -4.31. The van der Waals surface area contributed by atoms with Gasteiger partial charge in [0.2, 0.25) is 0 Å². The van der Waals surface area contributed by atoms with E-state index in [1.807, 2.05) is 49.2 Å². The van der Waals surface area contributed by atoms with Crippen LogP contribution in [0.15, 0.2) is 54.6 Å². The molecule has 2 atom stereocenters. The molecule has 3 aliphatic rings. The van der Waals surface area contributed by atoms with Crippen LogP contribution in [0.25, 0.3) is 10.8 Å². The van der Waals surface area contributed by atoms with Gasteiger partial charge >= 0.3 is 6.01 Å². The SMILES string of the molecule is CCc1c(F)ccc2cc(O)cc(N3Cc4nc(OC[C@@]56CCCN5C[C@H](F)C6)nc(N(C)Cc5ccccc5)c4C3=O)c12. The number of hydrogen-bond donors (Lipinski definition) is 1. The number of phenols is 1. The molecule has 7 rings (SSSR count). The number of hydrogen-bond acceptors (Lipinski definition) is 7. The van der Waals surface area contributed by atoms with Gasteiger partial charge in [-0.2, -0.15) is 9.97 Å². The normalized spacial score (nSPS) is 21.2. The number of fused-ring (bicyclic) bond motifs is 3. The minimum Gasteiger partial charge on any atom is -0.508 e. The van der Waals surface area contributed by atoms with Gasteiger partial charge in [-0.3, -0.25) is 9.69 Å². The summed E-state index contributed by atoms with van der Waals surface area (Å²) in [6, 6.07) is 16.1. The van der Waals surface area contributed by atoms with E-state index in [4.69, 9.17) is 14.7 Å². The Morgan fingerprint density at radius 3 is 2.77 bits per heavy atom. The maximum absolute atomic E-state index is 15.0. The molecule has 2 saturated heterocycles. The predicted octanol–water partition coefficient (Wildman–Crippen LogP) is 5.79. The van der Waals surface area contributed by atoms with Gasteiger partial charge < -0.3 is 19.6 Å². The zero-order chi connectivity index (χ0) is 30.6. The first-order valence-electron chi connectivity index (χ1n) is 15.2. The van der Waals surface area contributed by atoms with E-state index in [9.17, 15) is 18.7 Å². The molecule has 0 saturated carbocycles. The Balaban J connectivity index is 1.29. The van der Waals surface area contributed by atoms with Crippen LogP contribution < -0.4 is 14.5 Å². The molecule has 44 heavy (non-hydrogen) atoms. The molecule has 4 aromatic rings. The Kier molecular flexibility index (Phi) is 7.11. The number of ether oxygens (including phenoxy) is 1. The van der Waals surface area contributed by atoms with E-state index in [2.05, 4.69) is 4.90 Å². The number of alkyl halides is 1. The number of benzene rings is 3. The zero-order valence-corrected chi connectivity index (χ0v) is 24.9. The van der Waals surface area contributed by atoms with E-state index >= 15 is 0 Å². The maximum Gasteiger partial charge on any atom is 0.318 e. The van der Waals surface area contributed by atoms with Crippen molar-refractivity contribution in [2.24, 2.45) is 0 Å². The fourth-order valence-electron chi connectivity index (χ4n) is 7.31. The Labute approximate surface area is 254 Å². The fraction of sp³-hybridized carbons (Fsp3) is 0.382. The van der Waals surface area contributed by atoms with E-state index in [0.717, 1.165) is 24.9 Å². The lowest BCUT2D eigenvalue weighted by atomic mass is 9.95. The van der Waals surface area contributed by atoms with Gasteiger partial charge in [-0.25, -0.2) is 8.78 Å². The number of aryl methyl sites for hydroxylation is 1. The first-order chi connectivity index (χ1) is 21.3. The molecule has 1 aromatic heterocycles. The third-order valence-corrected chi connectivity index (χ3v) is 9.34. The average molecular weight is 600 g/mol. The molecular formula is C34H35F2N5O3. The molecule has 2 fully saturated rings. The zero-order valence-electron chi connectivity index (χ0n) is 24.9. The predicted molar refractivity (Wildman–Crippen MR) is 165 cm³/mol. The quantitative estimate of drug-likeness (QED) is 0.275. The monoisotopic (exact) mass is 599 g/mol. The van der Waals surface area contributed by atoms with Crippen molar-refractivity contribution >= 4 is 28.2 Å². The van der Waals surface area contributed by atoms with Gasteiger partial charge in [0.1, 0.15) is 35.7 Å². The molecular weight excluding hydrogens is 564 g/mol. The van der Waals surface area contributed by atoms with Crippen LogP contribution in [0.3, 0.4) is 0 Å². The number of aromatic nitrogens is 2. The van der Waals surface area contributed by atoms with Gasteiger partial charge in [-0.05, 0) is 54.5 Å². The lowest BCUT2D eigenvalue weighted by molar-refractivity contribution is 0.0996. The van der Waals surface area contributed by atoms with Crippen LogP contribution in [0.5, 0.6) is 11.8 Å². The van der Waals surface area contributed by atoms with Crippen molar-refractivity contribution in [1.82, 2.24) is 14.9 Å². The van der Waals surface area contributed by atoms with Crippen LogP contribution in [0.2, 0.25) is 0 Å². The van der Waals surface area contributed by atoms with Crippen LogP contribution >= 0.6 is 0 Å². The van der Waals surface area contributed by atoms with Gasteiger partial charge in [0.05, 0.1) is 23.5 Å². The van der Waals surface area contributed by atoms with E-state index < -0.39 is 6.17 Å². The average Bonchev–Trinajstić information content (AvgIpc) is 3.65. The lowest BCUT2D eigenvalue weighted by Crippen LogP contribution is -2.43. The number of aromatic hydroxyl groups is 1. The Morgan fingerprint density at radius 1 is 1.16 bits per heavy atom. The van der Waals surface area contributed by atoms with E-state index in [0.29, 0.717) is 65.0 Å². The number of rotatable bonds is 8. The van der Waals surface area contributed by atoms with Crippen molar-refractivity contribution in [3.8, 4) is 11.8 Å². The highest BCUT2D eigenvalue weighted by Crippen LogP contribution is 2.42.